The molecule has 176 valence electrons. The molecule has 2 aromatic rings. The van der Waals surface area contributed by atoms with Crippen LogP contribution in [-0.2, 0) is 30.8 Å². The Morgan fingerprint density at radius 3 is 2.15 bits per heavy atom. The number of nitrogens with one attached hydrogen (secondary N) is 1. The molecule has 1 aliphatic heterocycles. The Morgan fingerprint density at radius 2 is 1.52 bits per heavy atom. The summed E-state index contributed by atoms with van der Waals surface area (Å²) in [7, 11) is -3.51. The number of sulfonamides is 1. The van der Waals surface area contributed by atoms with E-state index >= 15 is 0 Å². The van der Waals surface area contributed by atoms with E-state index in [1.165, 1.54) is 0 Å². The molecule has 0 aliphatic carbocycles. The second kappa shape index (κ2) is 11.7. The van der Waals surface area contributed by atoms with Crippen LogP contribution in [-0.4, -0.2) is 50.2 Å². The van der Waals surface area contributed by atoms with Gasteiger partial charge >= 0.3 is 5.97 Å². The van der Waals surface area contributed by atoms with Crippen molar-refractivity contribution in [3.8, 4) is 0 Å². The molecule has 1 N–H and O–H groups in total. The van der Waals surface area contributed by atoms with Gasteiger partial charge in [-0.05, 0) is 49.1 Å². The Kier molecular flexibility index (Phi) is 8.73. The molecule has 1 fully saturated rings. The average molecular weight is 473 g/mol. The van der Waals surface area contributed by atoms with Gasteiger partial charge in [-0.3, -0.25) is 19.7 Å². The van der Waals surface area contributed by atoms with Crippen LogP contribution in [0.25, 0.3) is 0 Å². The molecule has 0 radical (unpaired) electrons. The highest BCUT2D eigenvalue weighted by molar-refractivity contribution is 7.89. The van der Waals surface area contributed by atoms with E-state index in [0.29, 0.717) is 25.1 Å². The van der Waals surface area contributed by atoms with Gasteiger partial charge in [-0.25, -0.2) is 8.42 Å². The number of amides is 2. The summed E-state index contributed by atoms with van der Waals surface area (Å²) < 4.78 is 32.1. The van der Waals surface area contributed by atoms with Crippen molar-refractivity contribution in [2.24, 2.45) is 0 Å². The molecule has 0 bridgehead atoms. The smallest absolute Gasteiger partial charge is 0.306 e. The minimum atomic E-state index is -3.51. The number of hydrogen-bond donors (Lipinski definition) is 1. The number of benzene rings is 2. The molecule has 1 heterocycles. The second-order valence-electron chi connectivity index (χ2n) is 7.87. The molecule has 2 aromatic carbocycles. The van der Waals surface area contributed by atoms with Gasteiger partial charge < -0.3 is 4.74 Å². The first-order valence-corrected chi connectivity index (χ1v) is 12.4. The summed E-state index contributed by atoms with van der Waals surface area (Å²) in [5.74, 6) is -1.86. The second-order valence-corrected chi connectivity index (χ2v) is 9.80. The van der Waals surface area contributed by atoms with Crippen LogP contribution in [0.3, 0.4) is 0 Å². The Bertz CT molecular complexity index is 1060. The van der Waals surface area contributed by atoms with Gasteiger partial charge in [-0.15, -0.1) is 0 Å². The fourth-order valence-corrected chi connectivity index (χ4v) is 5.07. The van der Waals surface area contributed by atoms with Crippen LogP contribution in [0.15, 0.2) is 59.5 Å². The molecule has 8 nitrogen and oxygen atoms in total. The monoisotopic (exact) mass is 472 g/mol. The van der Waals surface area contributed by atoms with E-state index in [0.717, 1.165) is 31.2 Å². The van der Waals surface area contributed by atoms with Gasteiger partial charge in [0.2, 0.25) is 10.0 Å². The Labute approximate surface area is 194 Å². The van der Waals surface area contributed by atoms with Crippen LogP contribution in [0.5, 0.6) is 0 Å². The third-order valence-electron chi connectivity index (χ3n) is 5.40. The van der Waals surface area contributed by atoms with Crippen LogP contribution in [0.2, 0.25) is 0 Å². The van der Waals surface area contributed by atoms with E-state index < -0.39 is 34.4 Å². The summed E-state index contributed by atoms with van der Waals surface area (Å²) in [6.07, 6.45) is 4.21. The van der Waals surface area contributed by atoms with Crippen molar-refractivity contribution in [3.63, 3.8) is 0 Å². The van der Waals surface area contributed by atoms with Crippen molar-refractivity contribution in [2.45, 2.75) is 43.4 Å². The predicted octanol–water partition coefficient (Wildman–Crippen LogP) is 2.68. The van der Waals surface area contributed by atoms with Crippen molar-refractivity contribution in [3.05, 3.63) is 65.7 Å². The molecule has 0 atom stereocenters. The van der Waals surface area contributed by atoms with Crippen LogP contribution >= 0.6 is 0 Å². The van der Waals surface area contributed by atoms with E-state index in [4.69, 9.17) is 4.74 Å². The van der Waals surface area contributed by atoms with Crippen LogP contribution < -0.4 is 5.32 Å². The lowest BCUT2D eigenvalue weighted by molar-refractivity contribution is -0.148. The molecule has 9 heteroatoms. The van der Waals surface area contributed by atoms with Gasteiger partial charge in [-0.1, -0.05) is 43.2 Å². The zero-order valence-electron chi connectivity index (χ0n) is 18.4. The maximum absolute atomic E-state index is 12.8. The van der Waals surface area contributed by atoms with Gasteiger partial charge in [0.05, 0.1) is 4.90 Å². The largest absolute Gasteiger partial charge is 0.456 e. The number of esters is 1. The van der Waals surface area contributed by atoms with Crippen molar-refractivity contribution in [1.82, 2.24) is 9.62 Å². The maximum atomic E-state index is 12.8. The van der Waals surface area contributed by atoms with Crippen LogP contribution in [0.1, 0.15) is 48.0 Å². The fraction of sp³-hybridized carbons (Fsp3) is 0.375. The summed E-state index contributed by atoms with van der Waals surface area (Å²) in [4.78, 5) is 35.9. The number of aryl methyl sites for hydroxylation is 1. The summed E-state index contributed by atoms with van der Waals surface area (Å²) >= 11 is 0. The third-order valence-corrected chi connectivity index (χ3v) is 7.31. The molecular formula is C24H28N2O6S. The minimum absolute atomic E-state index is 0.0259. The molecule has 0 aromatic heterocycles. The van der Waals surface area contributed by atoms with E-state index in [2.05, 4.69) is 5.32 Å². The average Bonchev–Trinajstić information content (AvgIpc) is 3.12. The van der Waals surface area contributed by atoms with Gasteiger partial charge in [0.25, 0.3) is 11.8 Å². The lowest BCUT2D eigenvalue weighted by Crippen LogP contribution is -2.34. The molecule has 0 unspecified atom stereocenters. The highest BCUT2D eigenvalue weighted by atomic mass is 32.2. The molecule has 1 aliphatic rings. The van der Waals surface area contributed by atoms with Crippen LogP contribution in [0.4, 0.5) is 0 Å². The van der Waals surface area contributed by atoms with E-state index in [1.54, 1.807) is 58.9 Å². The highest BCUT2D eigenvalue weighted by Gasteiger charge is 2.25. The molecule has 0 spiro atoms. The maximum Gasteiger partial charge on any atom is 0.306 e. The summed E-state index contributed by atoms with van der Waals surface area (Å²) in [6, 6.07) is 14.7. The van der Waals surface area contributed by atoms with E-state index in [1.807, 2.05) is 0 Å². The predicted molar refractivity (Wildman–Crippen MR) is 122 cm³/mol. The summed E-state index contributed by atoms with van der Waals surface area (Å²) in [5.41, 5.74) is 1.11. The van der Waals surface area contributed by atoms with Gasteiger partial charge in [0.1, 0.15) is 0 Å². The Hall–Kier alpha value is -3.04. The highest BCUT2D eigenvalue weighted by Crippen LogP contribution is 2.21. The van der Waals surface area contributed by atoms with Gasteiger partial charge in [-0.2, -0.15) is 4.31 Å². The normalized spacial score (nSPS) is 14.8. The number of carbonyl (C=O) groups excluding carboxylic acids is 3. The lowest BCUT2D eigenvalue weighted by atomic mass is 10.1. The quantitative estimate of drug-likeness (QED) is 0.592. The molecule has 2 amide bonds. The molecule has 0 saturated carbocycles. The minimum Gasteiger partial charge on any atom is -0.456 e. The van der Waals surface area contributed by atoms with Crippen molar-refractivity contribution >= 4 is 27.8 Å². The fourth-order valence-electron chi connectivity index (χ4n) is 3.55. The number of hydrogen-bond acceptors (Lipinski definition) is 6. The van der Waals surface area contributed by atoms with Gasteiger partial charge in [0, 0.05) is 25.1 Å². The Balaban J connectivity index is 1.43. The number of ether oxygens (including phenoxy) is 1. The summed E-state index contributed by atoms with van der Waals surface area (Å²) in [5, 5.41) is 2.16. The number of rotatable bonds is 8. The number of carbonyl (C=O) groups is 3. The third kappa shape index (κ3) is 7.23. The first-order chi connectivity index (χ1) is 15.9. The zero-order chi connectivity index (χ0) is 23.7. The topological polar surface area (TPSA) is 110 Å². The van der Waals surface area contributed by atoms with Crippen molar-refractivity contribution in [2.75, 3.05) is 19.7 Å². The van der Waals surface area contributed by atoms with Crippen molar-refractivity contribution in [1.29, 1.82) is 0 Å². The van der Waals surface area contributed by atoms with Gasteiger partial charge in [0.15, 0.2) is 6.61 Å². The Morgan fingerprint density at radius 1 is 0.879 bits per heavy atom. The van der Waals surface area contributed by atoms with E-state index in [-0.39, 0.29) is 11.3 Å². The van der Waals surface area contributed by atoms with Crippen molar-refractivity contribution < 1.29 is 27.5 Å². The molecule has 1 saturated heterocycles. The number of imide groups is 1. The van der Waals surface area contributed by atoms with E-state index in [9.17, 15) is 22.8 Å². The first-order valence-electron chi connectivity index (χ1n) is 11.0. The zero-order valence-corrected chi connectivity index (χ0v) is 19.2. The first kappa shape index (κ1) is 24.6. The molecule has 3 rings (SSSR count). The van der Waals surface area contributed by atoms with Crippen LogP contribution in [0, 0.1) is 0 Å². The standard InChI is InChI=1S/C24H28N2O6S/c27-22(25-24(29)20-8-4-3-5-9-20)18-32-23(28)15-12-19-10-13-21(14-11-19)33(30,31)26-16-6-1-2-7-17-26/h3-5,8-11,13-14H,1-2,6-7,12,15-18H2,(H,25,27,29). The SMILES string of the molecule is O=C(COC(=O)CCc1ccc(S(=O)(=O)N2CCCCCC2)cc1)NC(=O)c1ccccc1. The molecule has 33 heavy (non-hydrogen) atoms. The molecular weight excluding hydrogens is 444 g/mol. The number of nitrogens with zero attached hydrogens (tertiary/aromatic N) is 1. The lowest BCUT2D eigenvalue weighted by Gasteiger charge is -2.20. The summed E-state index contributed by atoms with van der Waals surface area (Å²) in [6.45, 7) is 0.533.